The van der Waals surface area contributed by atoms with Crippen LogP contribution in [0.25, 0.3) is 22.8 Å². The topological polar surface area (TPSA) is 52.3 Å². The summed E-state index contributed by atoms with van der Waals surface area (Å²) in [5, 5.41) is 0. The summed E-state index contributed by atoms with van der Waals surface area (Å²) >= 11 is 3.39. The number of hydrogen-bond acceptors (Lipinski definition) is 4. The van der Waals surface area contributed by atoms with E-state index in [2.05, 4.69) is 20.9 Å². The van der Waals surface area contributed by atoms with Crippen molar-refractivity contribution in [1.29, 1.82) is 0 Å². The number of halogens is 1. The van der Waals surface area contributed by atoms with Crippen molar-refractivity contribution < 1.29 is 13.9 Å². The predicted octanol–water partition coefficient (Wildman–Crippen LogP) is 4.95. The van der Waals surface area contributed by atoms with Crippen molar-refractivity contribution in [3.05, 3.63) is 64.8 Å². The standard InChI is InChI=1S/C18H14BrNO3/c1-2-22-18(21)15-16(12-6-4-3-5-7-12)23-17(20-15)13-8-10-14(19)11-9-13/h3-11H,2H2,1H3. The van der Waals surface area contributed by atoms with Crippen LogP contribution in [0.2, 0.25) is 0 Å². The average Bonchev–Trinajstić information content (AvgIpc) is 3.02. The molecule has 0 saturated heterocycles. The van der Waals surface area contributed by atoms with Gasteiger partial charge in [-0.2, -0.15) is 0 Å². The molecule has 0 bridgehead atoms. The molecule has 0 amide bonds. The minimum absolute atomic E-state index is 0.191. The Labute approximate surface area is 142 Å². The largest absolute Gasteiger partial charge is 0.461 e. The maximum absolute atomic E-state index is 12.2. The molecule has 0 N–H and O–H groups in total. The number of carbonyl (C=O) groups excluding carboxylic acids is 1. The zero-order chi connectivity index (χ0) is 16.2. The van der Waals surface area contributed by atoms with Crippen molar-refractivity contribution in [3.8, 4) is 22.8 Å². The molecular weight excluding hydrogens is 358 g/mol. The minimum Gasteiger partial charge on any atom is -0.461 e. The van der Waals surface area contributed by atoms with Crippen molar-refractivity contribution in [2.75, 3.05) is 6.61 Å². The number of benzene rings is 2. The number of aromatic nitrogens is 1. The third-order valence-corrected chi connectivity index (χ3v) is 3.75. The van der Waals surface area contributed by atoms with Crippen molar-refractivity contribution in [1.82, 2.24) is 4.98 Å². The van der Waals surface area contributed by atoms with Gasteiger partial charge in [0.15, 0.2) is 11.5 Å². The van der Waals surface area contributed by atoms with E-state index in [-0.39, 0.29) is 12.3 Å². The van der Waals surface area contributed by atoms with E-state index in [0.717, 1.165) is 15.6 Å². The van der Waals surface area contributed by atoms with Gasteiger partial charge in [0.05, 0.1) is 6.61 Å². The van der Waals surface area contributed by atoms with Crippen LogP contribution >= 0.6 is 15.9 Å². The van der Waals surface area contributed by atoms with E-state index in [1.54, 1.807) is 6.92 Å². The van der Waals surface area contributed by atoms with Gasteiger partial charge >= 0.3 is 5.97 Å². The lowest BCUT2D eigenvalue weighted by Crippen LogP contribution is -2.06. The third-order valence-electron chi connectivity index (χ3n) is 3.22. The van der Waals surface area contributed by atoms with Gasteiger partial charge in [-0.1, -0.05) is 46.3 Å². The third kappa shape index (κ3) is 3.35. The van der Waals surface area contributed by atoms with E-state index in [0.29, 0.717) is 11.7 Å². The van der Waals surface area contributed by atoms with Crippen LogP contribution in [0.5, 0.6) is 0 Å². The Morgan fingerprint density at radius 1 is 1.09 bits per heavy atom. The Bertz CT molecular complexity index is 810. The van der Waals surface area contributed by atoms with Gasteiger partial charge in [0, 0.05) is 15.6 Å². The fourth-order valence-corrected chi connectivity index (χ4v) is 2.42. The summed E-state index contributed by atoms with van der Waals surface area (Å²) in [5.74, 6) is 0.319. The summed E-state index contributed by atoms with van der Waals surface area (Å²) in [6, 6.07) is 16.9. The molecule has 1 aromatic heterocycles. The number of carbonyl (C=O) groups is 1. The summed E-state index contributed by atoms with van der Waals surface area (Å²) in [7, 11) is 0. The lowest BCUT2D eigenvalue weighted by Gasteiger charge is -2.00. The first-order chi connectivity index (χ1) is 11.2. The van der Waals surface area contributed by atoms with Gasteiger partial charge in [0.2, 0.25) is 5.89 Å². The van der Waals surface area contributed by atoms with Gasteiger partial charge < -0.3 is 9.15 Å². The molecule has 3 aromatic rings. The molecule has 5 heteroatoms. The highest BCUT2D eigenvalue weighted by Gasteiger charge is 2.23. The molecule has 0 atom stereocenters. The predicted molar refractivity (Wildman–Crippen MR) is 91.0 cm³/mol. The van der Waals surface area contributed by atoms with E-state index >= 15 is 0 Å². The molecule has 2 aromatic carbocycles. The molecule has 0 aliphatic rings. The van der Waals surface area contributed by atoms with E-state index in [4.69, 9.17) is 9.15 Å². The molecule has 3 rings (SSSR count). The number of nitrogens with zero attached hydrogens (tertiary/aromatic N) is 1. The first kappa shape index (κ1) is 15.5. The van der Waals surface area contributed by atoms with Gasteiger partial charge in [0.25, 0.3) is 0 Å². The number of ether oxygens (including phenoxy) is 1. The Morgan fingerprint density at radius 3 is 2.43 bits per heavy atom. The summed E-state index contributed by atoms with van der Waals surface area (Å²) in [4.78, 5) is 16.5. The second-order valence-electron chi connectivity index (χ2n) is 4.79. The maximum Gasteiger partial charge on any atom is 0.361 e. The number of esters is 1. The molecule has 116 valence electrons. The Morgan fingerprint density at radius 2 is 1.78 bits per heavy atom. The molecular formula is C18H14BrNO3. The molecule has 0 fully saturated rings. The van der Waals surface area contributed by atoms with E-state index in [1.807, 2.05) is 54.6 Å². The van der Waals surface area contributed by atoms with Crippen LogP contribution in [-0.2, 0) is 4.74 Å². The first-order valence-corrected chi connectivity index (χ1v) is 7.97. The monoisotopic (exact) mass is 371 g/mol. The maximum atomic E-state index is 12.2. The zero-order valence-corrected chi connectivity index (χ0v) is 14.0. The van der Waals surface area contributed by atoms with Gasteiger partial charge in [0.1, 0.15) is 0 Å². The SMILES string of the molecule is CCOC(=O)c1nc(-c2ccc(Br)cc2)oc1-c1ccccc1. The lowest BCUT2D eigenvalue weighted by atomic mass is 10.1. The fraction of sp³-hybridized carbons (Fsp3) is 0.111. The summed E-state index contributed by atoms with van der Waals surface area (Å²) in [6.07, 6.45) is 0. The summed E-state index contributed by atoms with van der Waals surface area (Å²) in [5.41, 5.74) is 1.77. The van der Waals surface area contributed by atoms with Crippen LogP contribution in [0.3, 0.4) is 0 Å². The molecule has 0 aliphatic heterocycles. The fourth-order valence-electron chi connectivity index (χ4n) is 2.16. The Kier molecular flexibility index (Phi) is 4.57. The highest BCUT2D eigenvalue weighted by Crippen LogP contribution is 2.30. The quantitative estimate of drug-likeness (QED) is 0.609. The van der Waals surface area contributed by atoms with E-state index < -0.39 is 5.97 Å². The van der Waals surface area contributed by atoms with Crippen molar-refractivity contribution in [2.45, 2.75) is 6.92 Å². The Hall–Kier alpha value is -2.40. The lowest BCUT2D eigenvalue weighted by molar-refractivity contribution is 0.0520. The molecule has 4 nitrogen and oxygen atoms in total. The molecule has 1 heterocycles. The van der Waals surface area contributed by atoms with Crippen molar-refractivity contribution >= 4 is 21.9 Å². The highest BCUT2D eigenvalue weighted by atomic mass is 79.9. The second-order valence-corrected chi connectivity index (χ2v) is 5.71. The highest BCUT2D eigenvalue weighted by molar-refractivity contribution is 9.10. The van der Waals surface area contributed by atoms with Gasteiger partial charge in [-0.15, -0.1) is 0 Å². The molecule has 0 radical (unpaired) electrons. The van der Waals surface area contributed by atoms with E-state index in [1.165, 1.54) is 0 Å². The van der Waals surface area contributed by atoms with Crippen molar-refractivity contribution in [2.24, 2.45) is 0 Å². The van der Waals surface area contributed by atoms with Crippen LogP contribution < -0.4 is 0 Å². The summed E-state index contributed by atoms with van der Waals surface area (Å²) < 4.78 is 11.9. The van der Waals surface area contributed by atoms with Crippen LogP contribution in [0.15, 0.2) is 63.5 Å². The first-order valence-electron chi connectivity index (χ1n) is 7.18. The van der Waals surface area contributed by atoms with Crippen LogP contribution in [0, 0.1) is 0 Å². The van der Waals surface area contributed by atoms with Gasteiger partial charge in [-0.05, 0) is 31.2 Å². The zero-order valence-electron chi connectivity index (χ0n) is 12.5. The van der Waals surface area contributed by atoms with Crippen molar-refractivity contribution in [3.63, 3.8) is 0 Å². The van der Waals surface area contributed by atoms with Crippen LogP contribution in [-0.4, -0.2) is 17.6 Å². The molecule has 23 heavy (non-hydrogen) atoms. The summed E-state index contributed by atoms with van der Waals surface area (Å²) in [6.45, 7) is 2.04. The molecule has 0 aliphatic carbocycles. The number of hydrogen-bond donors (Lipinski definition) is 0. The smallest absolute Gasteiger partial charge is 0.361 e. The number of rotatable bonds is 4. The normalized spacial score (nSPS) is 10.5. The van der Waals surface area contributed by atoms with E-state index in [9.17, 15) is 4.79 Å². The average molecular weight is 372 g/mol. The van der Waals surface area contributed by atoms with Gasteiger partial charge in [-0.25, -0.2) is 9.78 Å². The van der Waals surface area contributed by atoms with Crippen LogP contribution in [0.4, 0.5) is 0 Å². The minimum atomic E-state index is -0.488. The van der Waals surface area contributed by atoms with Gasteiger partial charge in [-0.3, -0.25) is 0 Å². The Balaban J connectivity index is 2.10. The second kappa shape index (κ2) is 6.79. The van der Waals surface area contributed by atoms with Crippen LogP contribution in [0.1, 0.15) is 17.4 Å². The molecule has 0 spiro atoms. The molecule has 0 saturated carbocycles. The number of oxazole rings is 1. The molecule has 0 unspecified atom stereocenters.